The summed E-state index contributed by atoms with van der Waals surface area (Å²) in [4.78, 5) is 16.8. The van der Waals surface area contributed by atoms with Crippen molar-refractivity contribution in [2.24, 2.45) is 0 Å². The fraction of sp³-hybridized carbons (Fsp3) is 0.538. The van der Waals surface area contributed by atoms with Crippen LogP contribution in [0, 0.1) is 0 Å². The summed E-state index contributed by atoms with van der Waals surface area (Å²) in [6.07, 6.45) is -1.27. The van der Waals surface area contributed by atoms with Crippen molar-refractivity contribution in [2.75, 3.05) is 19.6 Å². The van der Waals surface area contributed by atoms with Crippen molar-refractivity contribution in [3.05, 3.63) is 24.0 Å². The molecule has 0 bridgehead atoms. The molecular weight excluding hydrogens is 287 g/mol. The van der Waals surface area contributed by atoms with E-state index in [2.05, 4.69) is 10.3 Å². The zero-order valence-corrected chi connectivity index (χ0v) is 11.2. The Morgan fingerprint density at radius 2 is 2.10 bits per heavy atom. The van der Waals surface area contributed by atoms with E-state index >= 15 is 0 Å². The third-order valence-corrected chi connectivity index (χ3v) is 3.39. The highest BCUT2D eigenvalue weighted by Gasteiger charge is 2.37. The summed E-state index contributed by atoms with van der Waals surface area (Å²) in [6, 6.07) is 0.732. The monoisotopic (exact) mass is 303 g/mol. The van der Waals surface area contributed by atoms with Crippen molar-refractivity contribution in [3.63, 3.8) is 0 Å². The van der Waals surface area contributed by atoms with Gasteiger partial charge in [-0.1, -0.05) is 0 Å². The van der Waals surface area contributed by atoms with E-state index in [-0.39, 0.29) is 5.56 Å². The van der Waals surface area contributed by atoms with Crippen LogP contribution in [-0.4, -0.2) is 52.8 Å². The van der Waals surface area contributed by atoms with Gasteiger partial charge in [0.2, 0.25) is 0 Å². The third kappa shape index (κ3) is 4.07. The number of halogens is 3. The second-order valence-corrected chi connectivity index (χ2v) is 4.92. The maximum Gasteiger partial charge on any atom is 0.406 e. The second kappa shape index (κ2) is 6.30. The van der Waals surface area contributed by atoms with Crippen molar-refractivity contribution < 1.29 is 23.1 Å². The van der Waals surface area contributed by atoms with Crippen molar-refractivity contribution in [2.45, 2.75) is 25.1 Å². The number of pyridine rings is 1. The van der Waals surface area contributed by atoms with Gasteiger partial charge in [0.1, 0.15) is 12.3 Å². The summed E-state index contributed by atoms with van der Waals surface area (Å²) < 4.78 is 38.3. The summed E-state index contributed by atoms with van der Waals surface area (Å²) in [5.74, 6) is -1.23. The van der Waals surface area contributed by atoms with Crippen LogP contribution < -0.4 is 5.32 Å². The van der Waals surface area contributed by atoms with Crippen molar-refractivity contribution in [1.82, 2.24) is 15.2 Å². The molecule has 21 heavy (non-hydrogen) atoms. The Morgan fingerprint density at radius 1 is 1.43 bits per heavy atom. The van der Waals surface area contributed by atoms with Gasteiger partial charge in [-0.2, -0.15) is 13.2 Å². The van der Waals surface area contributed by atoms with Crippen LogP contribution in [0.15, 0.2) is 18.5 Å². The molecule has 2 rings (SSSR count). The Balaban J connectivity index is 2.25. The van der Waals surface area contributed by atoms with E-state index in [1.165, 1.54) is 12.3 Å². The van der Waals surface area contributed by atoms with Crippen LogP contribution in [0.5, 0.6) is 5.75 Å². The molecule has 0 spiro atoms. The Labute approximate surface area is 119 Å². The molecule has 0 unspecified atom stereocenters. The minimum Gasteiger partial charge on any atom is -0.505 e. The summed E-state index contributed by atoms with van der Waals surface area (Å²) in [5.41, 5.74) is -0.159. The molecule has 1 aliphatic rings. The number of hydrogen-bond donors (Lipinski definition) is 2. The predicted molar refractivity (Wildman–Crippen MR) is 68.9 cm³/mol. The minimum atomic E-state index is -4.48. The van der Waals surface area contributed by atoms with Crippen LogP contribution in [-0.2, 0) is 0 Å². The first kappa shape index (κ1) is 15.6. The Kier molecular flexibility index (Phi) is 4.66. The fourth-order valence-electron chi connectivity index (χ4n) is 2.40. The molecule has 0 aliphatic carbocycles. The molecule has 1 amide bonds. The van der Waals surface area contributed by atoms with E-state index in [1.807, 2.05) is 0 Å². The Morgan fingerprint density at radius 3 is 2.67 bits per heavy atom. The van der Waals surface area contributed by atoms with Crippen molar-refractivity contribution in [3.8, 4) is 5.75 Å². The summed E-state index contributed by atoms with van der Waals surface area (Å²) >= 11 is 0. The van der Waals surface area contributed by atoms with Crippen molar-refractivity contribution in [1.29, 1.82) is 0 Å². The molecule has 1 fully saturated rings. The van der Waals surface area contributed by atoms with E-state index in [9.17, 15) is 23.1 Å². The van der Waals surface area contributed by atoms with Crippen LogP contribution >= 0.6 is 0 Å². The molecule has 1 aliphatic heterocycles. The number of amides is 1. The van der Waals surface area contributed by atoms with Crippen molar-refractivity contribution >= 4 is 5.91 Å². The summed E-state index contributed by atoms with van der Waals surface area (Å²) in [7, 11) is 0. The molecule has 5 nitrogen and oxygen atoms in total. The minimum absolute atomic E-state index is 0.159. The zero-order valence-electron chi connectivity index (χ0n) is 11.2. The van der Waals surface area contributed by atoms with Gasteiger partial charge in [-0.05, 0) is 32.0 Å². The molecule has 2 N–H and O–H groups in total. The van der Waals surface area contributed by atoms with Gasteiger partial charge in [-0.3, -0.25) is 9.78 Å². The molecule has 116 valence electrons. The fourth-order valence-corrected chi connectivity index (χ4v) is 2.40. The van der Waals surface area contributed by atoms with Crippen LogP contribution in [0.2, 0.25) is 0 Å². The van der Waals surface area contributed by atoms with Crippen LogP contribution in [0.3, 0.4) is 0 Å². The number of aromatic hydroxyl groups is 1. The van der Waals surface area contributed by atoms with Gasteiger partial charge < -0.3 is 15.3 Å². The molecular formula is C13H16F3N3O2. The maximum atomic E-state index is 12.8. The van der Waals surface area contributed by atoms with E-state index in [1.54, 1.807) is 0 Å². The highest BCUT2D eigenvalue weighted by Crippen LogP contribution is 2.25. The van der Waals surface area contributed by atoms with Gasteiger partial charge in [0.25, 0.3) is 5.91 Å². The quantitative estimate of drug-likeness (QED) is 0.889. The molecule has 0 saturated carbocycles. The number of rotatable bonds is 3. The number of carbonyl (C=O) groups excluding carboxylic acids is 1. The SMILES string of the molecule is O=C(c1ccncc1O)N(CC(F)(F)F)C1CCNCC1. The molecule has 1 saturated heterocycles. The number of hydrogen-bond acceptors (Lipinski definition) is 4. The van der Waals surface area contributed by atoms with Gasteiger partial charge in [-0.15, -0.1) is 0 Å². The summed E-state index contributed by atoms with van der Waals surface area (Å²) in [5, 5.41) is 12.7. The van der Waals surface area contributed by atoms with Gasteiger partial charge in [0, 0.05) is 12.2 Å². The van der Waals surface area contributed by atoms with Gasteiger partial charge in [0.15, 0.2) is 0 Å². The third-order valence-electron chi connectivity index (χ3n) is 3.39. The zero-order chi connectivity index (χ0) is 15.5. The molecule has 1 aromatic rings. The first-order valence-corrected chi connectivity index (χ1v) is 6.60. The van der Waals surface area contributed by atoms with Crippen LogP contribution in [0.25, 0.3) is 0 Å². The molecule has 0 atom stereocenters. The van der Waals surface area contributed by atoms with Gasteiger partial charge in [0.05, 0.1) is 11.8 Å². The number of aromatic nitrogens is 1. The van der Waals surface area contributed by atoms with Crippen LogP contribution in [0.4, 0.5) is 13.2 Å². The normalized spacial score (nSPS) is 16.7. The topological polar surface area (TPSA) is 65.5 Å². The predicted octanol–water partition coefficient (Wildman–Crippen LogP) is 1.54. The number of nitrogens with one attached hydrogen (secondary N) is 1. The lowest BCUT2D eigenvalue weighted by molar-refractivity contribution is -0.145. The molecule has 2 heterocycles. The highest BCUT2D eigenvalue weighted by molar-refractivity contribution is 5.96. The van der Waals surface area contributed by atoms with Gasteiger partial charge in [-0.25, -0.2) is 0 Å². The first-order chi connectivity index (χ1) is 9.88. The lowest BCUT2D eigenvalue weighted by atomic mass is 10.0. The molecule has 0 radical (unpaired) electrons. The van der Waals surface area contributed by atoms with E-state index < -0.39 is 30.4 Å². The smallest absolute Gasteiger partial charge is 0.406 e. The first-order valence-electron chi connectivity index (χ1n) is 6.60. The Hall–Kier alpha value is -1.83. The molecule has 0 aromatic carbocycles. The average molecular weight is 303 g/mol. The largest absolute Gasteiger partial charge is 0.505 e. The molecule has 8 heteroatoms. The highest BCUT2D eigenvalue weighted by atomic mass is 19.4. The summed E-state index contributed by atoms with van der Waals surface area (Å²) in [6.45, 7) is -0.193. The lowest BCUT2D eigenvalue weighted by Gasteiger charge is -2.35. The second-order valence-electron chi connectivity index (χ2n) is 4.92. The van der Waals surface area contributed by atoms with E-state index in [0.717, 1.165) is 11.1 Å². The molecule has 1 aromatic heterocycles. The standard InChI is InChI=1S/C13H16F3N3O2/c14-13(15,16)8-19(9-1-4-17-5-2-9)12(21)10-3-6-18-7-11(10)20/h3,6-7,9,17,20H,1-2,4-5,8H2. The lowest BCUT2D eigenvalue weighted by Crippen LogP contribution is -2.49. The maximum absolute atomic E-state index is 12.8. The van der Waals surface area contributed by atoms with Gasteiger partial charge >= 0.3 is 6.18 Å². The average Bonchev–Trinajstić information content (AvgIpc) is 2.45. The number of carbonyl (C=O) groups is 1. The van der Waals surface area contributed by atoms with E-state index in [4.69, 9.17) is 0 Å². The number of piperidine rings is 1. The number of alkyl halides is 3. The van der Waals surface area contributed by atoms with Crippen LogP contribution in [0.1, 0.15) is 23.2 Å². The Bertz CT molecular complexity index is 502. The number of nitrogens with zero attached hydrogens (tertiary/aromatic N) is 2. The van der Waals surface area contributed by atoms with E-state index in [0.29, 0.717) is 25.9 Å².